The Morgan fingerprint density at radius 2 is 2.00 bits per heavy atom. The van der Waals surface area contributed by atoms with Crippen LogP contribution in [0.25, 0.3) is 0 Å². The monoisotopic (exact) mass is 286 g/mol. The second-order valence-corrected chi connectivity index (χ2v) is 4.74. The minimum atomic E-state index is -0.180. The number of carbonyl (C=O) groups excluding carboxylic acids is 1. The van der Waals surface area contributed by atoms with Crippen molar-refractivity contribution in [2.24, 2.45) is 0 Å². The quantitative estimate of drug-likeness (QED) is 0.824. The number of anilines is 1. The van der Waals surface area contributed by atoms with Gasteiger partial charge in [-0.15, -0.1) is 0 Å². The number of carbonyl (C=O) groups is 1. The highest BCUT2D eigenvalue weighted by Gasteiger charge is 2.12. The number of hydrogen-bond donors (Lipinski definition) is 2. The highest BCUT2D eigenvalue weighted by Crippen LogP contribution is 2.18. The fraction of sp³-hybridized carbons (Fsp3) is 0.188. The van der Waals surface area contributed by atoms with Crippen molar-refractivity contribution >= 4 is 11.6 Å². The van der Waals surface area contributed by atoms with Crippen LogP contribution in [0.1, 0.15) is 5.56 Å². The van der Waals surface area contributed by atoms with Gasteiger partial charge in [0, 0.05) is 30.9 Å². The molecule has 5 nitrogen and oxygen atoms in total. The summed E-state index contributed by atoms with van der Waals surface area (Å²) in [6, 6.07) is 13.8. The zero-order valence-corrected chi connectivity index (χ0v) is 11.8. The molecule has 0 fully saturated rings. The number of nitrogens with zero attached hydrogens (tertiary/aromatic N) is 1. The maximum atomic E-state index is 12.0. The molecule has 0 aliphatic heterocycles. The third-order valence-corrected chi connectivity index (χ3v) is 3.05. The molecule has 0 saturated heterocycles. The molecule has 0 bridgehead atoms. The lowest BCUT2D eigenvalue weighted by molar-refractivity contribution is -0.132. The van der Waals surface area contributed by atoms with E-state index in [1.54, 1.807) is 49.5 Å². The zero-order chi connectivity index (χ0) is 15.2. The van der Waals surface area contributed by atoms with Crippen molar-refractivity contribution < 1.29 is 14.6 Å². The first-order chi connectivity index (χ1) is 10.1. The standard InChI is InChI=1S/C16H18N2O3/c1-18(10-12-5-2-3-8-15(12)19)16(20)11-21-14-7-4-6-13(17)9-14/h2-9,19H,10-11,17H2,1H3. The summed E-state index contributed by atoms with van der Waals surface area (Å²) in [6.45, 7) is 0.249. The molecule has 2 rings (SSSR count). The van der Waals surface area contributed by atoms with Crippen molar-refractivity contribution in [1.29, 1.82) is 0 Å². The van der Waals surface area contributed by atoms with Gasteiger partial charge in [-0.3, -0.25) is 4.79 Å². The number of likely N-dealkylation sites (N-methyl/N-ethyl adjacent to an activating group) is 1. The van der Waals surface area contributed by atoms with Gasteiger partial charge in [0.25, 0.3) is 5.91 Å². The molecule has 21 heavy (non-hydrogen) atoms. The van der Waals surface area contributed by atoms with Crippen LogP contribution in [0.5, 0.6) is 11.5 Å². The fourth-order valence-electron chi connectivity index (χ4n) is 1.85. The Labute approximate surface area is 123 Å². The summed E-state index contributed by atoms with van der Waals surface area (Å²) in [5, 5.41) is 9.70. The highest BCUT2D eigenvalue weighted by molar-refractivity contribution is 5.77. The van der Waals surface area contributed by atoms with E-state index in [4.69, 9.17) is 10.5 Å². The third kappa shape index (κ3) is 4.14. The van der Waals surface area contributed by atoms with Crippen LogP contribution in [0.3, 0.4) is 0 Å². The number of nitrogen functional groups attached to an aromatic ring is 1. The van der Waals surface area contributed by atoms with Gasteiger partial charge in [-0.25, -0.2) is 0 Å². The number of hydrogen-bond acceptors (Lipinski definition) is 4. The number of benzene rings is 2. The summed E-state index contributed by atoms with van der Waals surface area (Å²) in [5.74, 6) is 0.550. The maximum absolute atomic E-state index is 12.0. The summed E-state index contributed by atoms with van der Waals surface area (Å²) in [4.78, 5) is 13.5. The number of phenols is 1. The molecule has 110 valence electrons. The lowest BCUT2D eigenvalue weighted by atomic mass is 10.2. The van der Waals surface area contributed by atoms with E-state index in [0.717, 1.165) is 0 Å². The van der Waals surface area contributed by atoms with E-state index in [0.29, 0.717) is 23.5 Å². The molecule has 0 aromatic heterocycles. The Morgan fingerprint density at radius 1 is 1.24 bits per heavy atom. The van der Waals surface area contributed by atoms with E-state index in [-0.39, 0.29) is 18.3 Å². The molecule has 2 aromatic rings. The lowest BCUT2D eigenvalue weighted by Gasteiger charge is -2.18. The first-order valence-corrected chi connectivity index (χ1v) is 6.55. The number of aromatic hydroxyl groups is 1. The average molecular weight is 286 g/mol. The minimum absolute atomic E-state index is 0.0758. The van der Waals surface area contributed by atoms with Gasteiger partial charge in [0.2, 0.25) is 0 Å². The molecule has 0 saturated carbocycles. The number of para-hydroxylation sites is 1. The van der Waals surface area contributed by atoms with Crippen molar-refractivity contribution in [3.63, 3.8) is 0 Å². The number of amides is 1. The average Bonchev–Trinajstić information content (AvgIpc) is 2.47. The van der Waals surface area contributed by atoms with Gasteiger partial charge in [-0.1, -0.05) is 24.3 Å². The van der Waals surface area contributed by atoms with E-state index < -0.39 is 0 Å². The highest BCUT2D eigenvalue weighted by atomic mass is 16.5. The molecule has 0 atom stereocenters. The smallest absolute Gasteiger partial charge is 0.260 e. The predicted molar refractivity (Wildman–Crippen MR) is 80.9 cm³/mol. The second-order valence-electron chi connectivity index (χ2n) is 4.74. The summed E-state index contributed by atoms with van der Waals surface area (Å²) < 4.78 is 5.40. The molecule has 0 aliphatic carbocycles. The Balaban J connectivity index is 1.90. The Kier molecular flexibility index (Phi) is 4.66. The normalized spacial score (nSPS) is 10.1. The fourth-order valence-corrected chi connectivity index (χ4v) is 1.85. The predicted octanol–water partition coefficient (Wildman–Crippen LogP) is 2.01. The molecule has 0 unspecified atom stereocenters. The molecule has 3 N–H and O–H groups in total. The van der Waals surface area contributed by atoms with Gasteiger partial charge in [0.1, 0.15) is 11.5 Å². The van der Waals surface area contributed by atoms with E-state index in [2.05, 4.69) is 0 Å². The number of phenolic OH excluding ortho intramolecular Hbond substituents is 1. The van der Waals surface area contributed by atoms with Crippen molar-refractivity contribution in [1.82, 2.24) is 4.90 Å². The van der Waals surface area contributed by atoms with Crippen LogP contribution in [-0.4, -0.2) is 29.6 Å². The van der Waals surface area contributed by atoms with Crippen molar-refractivity contribution in [3.05, 3.63) is 54.1 Å². The largest absolute Gasteiger partial charge is 0.508 e. The van der Waals surface area contributed by atoms with Gasteiger partial charge in [0.05, 0.1) is 0 Å². The first-order valence-electron chi connectivity index (χ1n) is 6.55. The molecule has 0 heterocycles. The molecule has 0 radical (unpaired) electrons. The Morgan fingerprint density at radius 3 is 2.71 bits per heavy atom. The number of nitrogens with two attached hydrogens (primary N) is 1. The van der Waals surface area contributed by atoms with Crippen LogP contribution in [0.2, 0.25) is 0 Å². The van der Waals surface area contributed by atoms with Crippen LogP contribution in [0.4, 0.5) is 5.69 Å². The van der Waals surface area contributed by atoms with Gasteiger partial charge < -0.3 is 20.5 Å². The van der Waals surface area contributed by atoms with E-state index >= 15 is 0 Å². The Bertz CT molecular complexity index is 628. The van der Waals surface area contributed by atoms with Crippen LogP contribution in [-0.2, 0) is 11.3 Å². The van der Waals surface area contributed by atoms with Crippen LogP contribution in [0, 0.1) is 0 Å². The van der Waals surface area contributed by atoms with E-state index in [1.807, 2.05) is 6.07 Å². The van der Waals surface area contributed by atoms with Crippen LogP contribution < -0.4 is 10.5 Å². The van der Waals surface area contributed by atoms with Gasteiger partial charge in [-0.05, 0) is 18.2 Å². The molecule has 5 heteroatoms. The lowest BCUT2D eigenvalue weighted by Crippen LogP contribution is -2.30. The van der Waals surface area contributed by atoms with Crippen molar-refractivity contribution in [3.8, 4) is 11.5 Å². The Hall–Kier alpha value is -2.69. The van der Waals surface area contributed by atoms with Gasteiger partial charge in [0.15, 0.2) is 6.61 Å². The molecule has 0 spiro atoms. The maximum Gasteiger partial charge on any atom is 0.260 e. The van der Waals surface area contributed by atoms with E-state index in [1.165, 1.54) is 4.90 Å². The molecule has 2 aromatic carbocycles. The first kappa shape index (κ1) is 14.7. The van der Waals surface area contributed by atoms with Crippen molar-refractivity contribution in [2.45, 2.75) is 6.54 Å². The molecular formula is C16H18N2O3. The van der Waals surface area contributed by atoms with Crippen LogP contribution >= 0.6 is 0 Å². The molecule has 1 amide bonds. The minimum Gasteiger partial charge on any atom is -0.508 e. The second kappa shape index (κ2) is 6.65. The van der Waals surface area contributed by atoms with Gasteiger partial charge in [-0.2, -0.15) is 0 Å². The molecular weight excluding hydrogens is 268 g/mol. The molecule has 0 aliphatic rings. The van der Waals surface area contributed by atoms with Crippen LogP contribution in [0.15, 0.2) is 48.5 Å². The van der Waals surface area contributed by atoms with Gasteiger partial charge >= 0.3 is 0 Å². The summed E-state index contributed by atoms with van der Waals surface area (Å²) in [6.07, 6.45) is 0. The number of ether oxygens (including phenoxy) is 1. The summed E-state index contributed by atoms with van der Waals surface area (Å²) >= 11 is 0. The SMILES string of the molecule is CN(Cc1ccccc1O)C(=O)COc1cccc(N)c1. The number of rotatable bonds is 5. The third-order valence-electron chi connectivity index (χ3n) is 3.05. The van der Waals surface area contributed by atoms with E-state index in [9.17, 15) is 9.90 Å². The summed E-state index contributed by atoms with van der Waals surface area (Å²) in [5.41, 5.74) is 6.92. The topological polar surface area (TPSA) is 75.8 Å². The van der Waals surface area contributed by atoms with Crippen molar-refractivity contribution in [2.75, 3.05) is 19.4 Å². The zero-order valence-electron chi connectivity index (χ0n) is 11.8. The summed E-state index contributed by atoms with van der Waals surface area (Å²) in [7, 11) is 1.66.